The van der Waals surface area contributed by atoms with Gasteiger partial charge in [0.2, 0.25) is 0 Å². The Kier molecular flexibility index (Phi) is 7.19. The van der Waals surface area contributed by atoms with Crippen molar-refractivity contribution in [2.45, 2.75) is 59.3 Å². The van der Waals surface area contributed by atoms with Crippen LogP contribution in [0.2, 0.25) is 0 Å². The minimum atomic E-state index is -0.602. The summed E-state index contributed by atoms with van der Waals surface area (Å²) in [6.45, 7) is 8.87. The van der Waals surface area contributed by atoms with Crippen LogP contribution in [0.15, 0.2) is 68.7 Å². The summed E-state index contributed by atoms with van der Waals surface area (Å²) < 4.78 is 12.3. The summed E-state index contributed by atoms with van der Waals surface area (Å²) in [5, 5.41) is 3.86. The van der Waals surface area contributed by atoms with Gasteiger partial charge < -0.3 is 4.74 Å². The number of aromatic amines is 1. The van der Waals surface area contributed by atoms with Crippen molar-refractivity contribution in [2.24, 2.45) is 11.3 Å². The lowest BCUT2D eigenvalue weighted by molar-refractivity contribution is 0.271. The van der Waals surface area contributed by atoms with Crippen molar-refractivity contribution in [3.63, 3.8) is 0 Å². The van der Waals surface area contributed by atoms with E-state index < -0.39 is 11.2 Å². The van der Waals surface area contributed by atoms with Gasteiger partial charge >= 0.3 is 5.76 Å². The van der Waals surface area contributed by atoms with E-state index in [1.165, 1.54) is 0 Å². The molecular formula is C34H34N4O4. The first-order valence-electron chi connectivity index (χ1n) is 14.5. The highest BCUT2D eigenvalue weighted by Gasteiger charge is 2.34. The topological polar surface area (TPSA) is 103 Å². The van der Waals surface area contributed by atoms with Gasteiger partial charge in [-0.15, -0.1) is 0 Å². The van der Waals surface area contributed by atoms with Crippen LogP contribution in [0.4, 0.5) is 0 Å². The zero-order valence-electron chi connectivity index (χ0n) is 24.4. The molecule has 2 heterocycles. The quantitative estimate of drug-likeness (QED) is 0.257. The van der Waals surface area contributed by atoms with Gasteiger partial charge in [-0.2, -0.15) is 0 Å². The predicted octanol–water partition coefficient (Wildman–Crippen LogP) is 5.84. The summed E-state index contributed by atoms with van der Waals surface area (Å²) in [5.41, 5.74) is 4.45. The van der Waals surface area contributed by atoms with E-state index in [2.05, 4.69) is 48.8 Å². The Bertz CT molecular complexity index is 1850. The van der Waals surface area contributed by atoms with E-state index in [9.17, 15) is 9.59 Å². The van der Waals surface area contributed by atoms with Crippen molar-refractivity contribution >= 4 is 5.57 Å². The zero-order chi connectivity index (χ0) is 29.4. The molecule has 1 N–H and O–H groups in total. The lowest BCUT2D eigenvalue weighted by Gasteiger charge is -2.26. The van der Waals surface area contributed by atoms with Crippen LogP contribution in [-0.4, -0.2) is 26.3 Å². The molecule has 0 amide bonds. The molecule has 0 aliphatic heterocycles. The number of nitrogens with zero attached hydrogens (tertiary/aromatic N) is 3. The molecule has 42 heavy (non-hydrogen) atoms. The highest BCUT2D eigenvalue weighted by molar-refractivity contribution is 5.87. The van der Waals surface area contributed by atoms with Gasteiger partial charge in [0.1, 0.15) is 11.6 Å². The number of rotatable bonds is 9. The van der Waals surface area contributed by atoms with Crippen LogP contribution in [0.3, 0.4) is 0 Å². The maximum absolute atomic E-state index is 14.1. The van der Waals surface area contributed by atoms with Crippen LogP contribution in [0.25, 0.3) is 22.6 Å². The van der Waals surface area contributed by atoms with E-state index in [1.807, 2.05) is 55.5 Å². The second kappa shape index (κ2) is 11.0. The molecule has 1 fully saturated rings. The Balaban J connectivity index is 1.31. The number of aromatic nitrogens is 4. The molecular weight excluding hydrogens is 528 g/mol. The average molecular weight is 563 g/mol. The molecule has 1 saturated carbocycles. The average Bonchev–Trinajstić information content (AvgIpc) is 3.74. The molecule has 0 bridgehead atoms. The van der Waals surface area contributed by atoms with E-state index in [-0.39, 0.29) is 5.56 Å². The SMILES string of the molecule is Cc1nc(C2CC2)c(CC2(C)C#CC(c3ccccc3-c3noc(=O)[nH]3)=CC2)c(=O)n1-c1ccc(OCC(C)C)cc1. The Morgan fingerprint density at radius 1 is 1.12 bits per heavy atom. The Morgan fingerprint density at radius 3 is 2.48 bits per heavy atom. The van der Waals surface area contributed by atoms with Gasteiger partial charge in [0.05, 0.1) is 18.0 Å². The van der Waals surface area contributed by atoms with E-state index in [0.29, 0.717) is 42.9 Å². The number of benzene rings is 2. The lowest BCUT2D eigenvalue weighted by atomic mass is 9.77. The molecule has 1 atom stereocenters. The number of hydrogen-bond acceptors (Lipinski definition) is 6. The molecule has 0 saturated heterocycles. The van der Waals surface area contributed by atoms with Crippen LogP contribution in [0.5, 0.6) is 5.75 Å². The fourth-order valence-corrected chi connectivity index (χ4v) is 5.40. The number of H-pyrrole nitrogens is 1. The molecule has 8 nitrogen and oxygen atoms in total. The number of hydrogen-bond donors (Lipinski definition) is 1. The molecule has 0 radical (unpaired) electrons. The third-order valence-corrected chi connectivity index (χ3v) is 7.75. The van der Waals surface area contributed by atoms with E-state index in [1.54, 1.807) is 4.57 Å². The number of nitrogens with one attached hydrogen (secondary N) is 1. The van der Waals surface area contributed by atoms with E-state index in [0.717, 1.165) is 52.2 Å². The van der Waals surface area contributed by atoms with E-state index in [4.69, 9.17) is 14.2 Å². The molecule has 6 rings (SSSR count). The first-order valence-corrected chi connectivity index (χ1v) is 14.5. The first kappa shape index (κ1) is 27.5. The summed E-state index contributed by atoms with van der Waals surface area (Å²) in [7, 11) is 0. The summed E-state index contributed by atoms with van der Waals surface area (Å²) in [6, 6.07) is 15.3. The Hall–Kier alpha value is -4.64. The third kappa shape index (κ3) is 5.60. The number of allylic oxidation sites excluding steroid dienone is 2. The maximum atomic E-state index is 14.1. The minimum Gasteiger partial charge on any atom is -0.493 e. The smallest absolute Gasteiger partial charge is 0.439 e. The summed E-state index contributed by atoms with van der Waals surface area (Å²) >= 11 is 0. The highest BCUT2D eigenvalue weighted by atomic mass is 16.5. The molecule has 2 aromatic heterocycles. The predicted molar refractivity (Wildman–Crippen MR) is 162 cm³/mol. The van der Waals surface area contributed by atoms with Gasteiger partial charge in [-0.25, -0.2) is 9.78 Å². The largest absolute Gasteiger partial charge is 0.493 e. The number of ether oxygens (including phenoxy) is 1. The van der Waals surface area contributed by atoms with Crippen molar-refractivity contribution < 1.29 is 9.26 Å². The summed E-state index contributed by atoms with van der Waals surface area (Å²) in [4.78, 5) is 33.3. The second-order valence-corrected chi connectivity index (χ2v) is 11.9. The molecule has 0 spiro atoms. The number of aryl methyl sites for hydroxylation is 1. The lowest BCUT2D eigenvalue weighted by Crippen LogP contribution is -2.32. The normalized spacial score (nSPS) is 18.0. The Morgan fingerprint density at radius 2 is 1.86 bits per heavy atom. The van der Waals surface area contributed by atoms with Crippen molar-refractivity contribution in [3.8, 4) is 34.7 Å². The minimum absolute atomic E-state index is 0.0293. The molecule has 214 valence electrons. The van der Waals surface area contributed by atoms with Crippen LogP contribution in [0.1, 0.15) is 68.6 Å². The van der Waals surface area contributed by atoms with Gasteiger partial charge in [0.15, 0.2) is 5.82 Å². The van der Waals surface area contributed by atoms with Gasteiger partial charge in [0, 0.05) is 33.6 Å². The van der Waals surface area contributed by atoms with Crippen molar-refractivity contribution in [3.05, 3.63) is 98.2 Å². The molecule has 2 aromatic carbocycles. The first-order chi connectivity index (χ1) is 20.2. The monoisotopic (exact) mass is 562 g/mol. The van der Waals surface area contributed by atoms with Crippen molar-refractivity contribution in [1.82, 2.24) is 19.7 Å². The molecule has 4 aromatic rings. The molecule has 8 heteroatoms. The van der Waals surface area contributed by atoms with Gasteiger partial charge in [-0.05, 0) is 69.7 Å². The summed E-state index contributed by atoms with van der Waals surface area (Å²) in [5.74, 6) is 8.81. The van der Waals surface area contributed by atoms with Gasteiger partial charge in [-0.1, -0.05) is 61.2 Å². The molecule has 1 unspecified atom stereocenters. The van der Waals surface area contributed by atoms with Crippen molar-refractivity contribution in [1.29, 1.82) is 0 Å². The van der Waals surface area contributed by atoms with Crippen LogP contribution in [0, 0.1) is 30.1 Å². The second-order valence-electron chi connectivity index (χ2n) is 11.9. The van der Waals surface area contributed by atoms with Crippen LogP contribution >= 0.6 is 0 Å². The Labute approximate surface area is 244 Å². The van der Waals surface area contributed by atoms with Gasteiger partial charge in [-0.3, -0.25) is 18.9 Å². The van der Waals surface area contributed by atoms with Crippen LogP contribution in [-0.2, 0) is 6.42 Å². The molecule has 2 aliphatic carbocycles. The van der Waals surface area contributed by atoms with Gasteiger partial charge in [0.25, 0.3) is 5.56 Å². The van der Waals surface area contributed by atoms with E-state index >= 15 is 0 Å². The fourth-order valence-electron chi connectivity index (χ4n) is 5.40. The molecule has 2 aliphatic rings. The fraction of sp³-hybridized carbons (Fsp3) is 0.353. The summed E-state index contributed by atoms with van der Waals surface area (Å²) in [6.07, 6.45) is 5.39. The highest BCUT2D eigenvalue weighted by Crippen LogP contribution is 2.42. The zero-order valence-corrected chi connectivity index (χ0v) is 24.4. The van der Waals surface area contributed by atoms with Crippen LogP contribution < -0.4 is 16.1 Å². The van der Waals surface area contributed by atoms with Crippen molar-refractivity contribution in [2.75, 3.05) is 6.61 Å². The third-order valence-electron chi connectivity index (χ3n) is 7.75. The standard InChI is InChI=1S/C34H34N4O4/c1-21(2)20-41-26-13-11-25(12-14-26)38-22(3)35-30(24-9-10-24)29(32(38)39)19-34(4)17-15-23(16-18-34)27-7-5-6-8-28(27)31-36-33(40)42-37-31/h5-8,11-15,21,24H,9-10,17,19-20H2,1-4H3,(H,36,37,40). The maximum Gasteiger partial charge on any atom is 0.439 e.